The number of para-hydroxylation sites is 1. The van der Waals surface area contributed by atoms with Gasteiger partial charge in [-0.25, -0.2) is 4.39 Å². The first-order valence-electron chi connectivity index (χ1n) is 5.91. The lowest BCUT2D eigenvalue weighted by Gasteiger charge is -2.32. The van der Waals surface area contributed by atoms with Crippen molar-refractivity contribution < 1.29 is 4.39 Å². The Morgan fingerprint density at radius 2 is 2.19 bits per heavy atom. The monoisotopic (exact) mass is 222 g/mol. The normalized spacial score (nSPS) is 15.9. The highest BCUT2D eigenvalue weighted by molar-refractivity contribution is 5.54. The molecule has 0 radical (unpaired) electrons. The molecule has 1 fully saturated rings. The second-order valence-electron chi connectivity index (χ2n) is 4.63. The van der Waals surface area contributed by atoms with Crippen LogP contribution < -0.4 is 10.6 Å². The predicted octanol–water partition coefficient (Wildman–Crippen LogP) is 2.52. The Labute approximate surface area is 96.2 Å². The third-order valence-corrected chi connectivity index (χ3v) is 3.43. The van der Waals surface area contributed by atoms with E-state index in [0.29, 0.717) is 12.2 Å². The Hall–Kier alpha value is -1.09. The lowest BCUT2D eigenvalue weighted by Crippen LogP contribution is -2.30. The van der Waals surface area contributed by atoms with Gasteiger partial charge in [0.2, 0.25) is 0 Å². The Bertz CT molecular complexity index is 361. The molecule has 0 aliphatic heterocycles. The largest absolute Gasteiger partial charge is 0.372 e. The van der Waals surface area contributed by atoms with Gasteiger partial charge in [0.25, 0.3) is 0 Å². The van der Waals surface area contributed by atoms with Gasteiger partial charge < -0.3 is 10.6 Å². The Morgan fingerprint density at radius 1 is 1.44 bits per heavy atom. The van der Waals surface area contributed by atoms with E-state index >= 15 is 0 Å². The zero-order chi connectivity index (χ0) is 11.5. The fourth-order valence-corrected chi connectivity index (χ4v) is 2.31. The van der Waals surface area contributed by atoms with Crippen molar-refractivity contribution >= 4 is 5.69 Å². The van der Waals surface area contributed by atoms with Crippen molar-refractivity contribution in [3.8, 4) is 0 Å². The van der Waals surface area contributed by atoms with Gasteiger partial charge in [-0.1, -0.05) is 18.6 Å². The van der Waals surface area contributed by atoms with Crippen LogP contribution in [0.15, 0.2) is 18.2 Å². The van der Waals surface area contributed by atoms with Crippen LogP contribution in [0.1, 0.15) is 24.8 Å². The number of hydrogen-bond acceptors (Lipinski definition) is 2. The number of benzene rings is 1. The van der Waals surface area contributed by atoms with Crippen LogP contribution in [0.2, 0.25) is 0 Å². The van der Waals surface area contributed by atoms with Crippen LogP contribution in [-0.4, -0.2) is 13.6 Å². The molecule has 3 heteroatoms. The molecule has 1 aliphatic carbocycles. The van der Waals surface area contributed by atoms with E-state index in [1.807, 2.05) is 18.0 Å². The Balaban J connectivity index is 2.16. The molecule has 2 nitrogen and oxygen atoms in total. The minimum atomic E-state index is -0.162. The maximum absolute atomic E-state index is 13.8. The van der Waals surface area contributed by atoms with E-state index in [-0.39, 0.29) is 5.82 Å². The smallest absolute Gasteiger partial charge is 0.146 e. The van der Waals surface area contributed by atoms with Crippen molar-refractivity contribution in [3.05, 3.63) is 29.6 Å². The van der Waals surface area contributed by atoms with Gasteiger partial charge in [0.1, 0.15) is 5.82 Å². The molecule has 88 valence electrons. The molecule has 1 aromatic carbocycles. The number of nitrogens with two attached hydrogens (primary N) is 1. The molecule has 0 amide bonds. The van der Waals surface area contributed by atoms with Crippen LogP contribution in [0, 0.1) is 11.7 Å². The van der Waals surface area contributed by atoms with E-state index in [2.05, 4.69) is 0 Å². The molecule has 16 heavy (non-hydrogen) atoms. The molecule has 1 aliphatic rings. The van der Waals surface area contributed by atoms with Gasteiger partial charge >= 0.3 is 0 Å². The molecule has 2 rings (SSSR count). The lowest BCUT2D eigenvalue weighted by atomic mass is 9.85. The highest BCUT2D eigenvalue weighted by Gasteiger charge is 2.21. The van der Waals surface area contributed by atoms with Crippen LogP contribution in [0.25, 0.3) is 0 Å². The molecule has 0 bridgehead atoms. The summed E-state index contributed by atoms with van der Waals surface area (Å²) in [6.07, 6.45) is 3.87. The zero-order valence-electron chi connectivity index (χ0n) is 9.75. The summed E-state index contributed by atoms with van der Waals surface area (Å²) >= 11 is 0. The minimum absolute atomic E-state index is 0.162. The molecule has 0 atom stereocenters. The van der Waals surface area contributed by atoms with Crippen LogP contribution in [0.3, 0.4) is 0 Å². The van der Waals surface area contributed by atoms with E-state index < -0.39 is 0 Å². The molecular formula is C13H19FN2. The van der Waals surface area contributed by atoms with Crippen molar-refractivity contribution in [1.29, 1.82) is 0 Å². The summed E-state index contributed by atoms with van der Waals surface area (Å²) in [5, 5.41) is 0. The summed E-state index contributed by atoms with van der Waals surface area (Å²) in [4.78, 5) is 2.02. The number of halogens is 1. The molecule has 0 saturated heterocycles. The fourth-order valence-electron chi connectivity index (χ4n) is 2.31. The van der Waals surface area contributed by atoms with Crippen molar-refractivity contribution in [1.82, 2.24) is 0 Å². The summed E-state index contributed by atoms with van der Waals surface area (Å²) in [5.74, 6) is 0.569. The molecule has 1 aromatic rings. The molecule has 0 unspecified atom stereocenters. The van der Waals surface area contributed by atoms with Crippen molar-refractivity contribution in [2.45, 2.75) is 25.8 Å². The molecular weight excluding hydrogens is 203 g/mol. The van der Waals surface area contributed by atoms with Crippen LogP contribution in [-0.2, 0) is 6.54 Å². The van der Waals surface area contributed by atoms with E-state index in [9.17, 15) is 4.39 Å². The maximum Gasteiger partial charge on any atom is 0.146 e. The fraction of sp³-hybridized carbons (Fsp3) is 0.538. The first-order chi connectivity index (χ1) is 7.72. The third-order valence-electron chi connectivity index (χ3n) is 3.43. The SMILES string of the molecule is CN(CC1CCC1)c1c(F)cccc1CN. The zero-order valence-corrected chi connectivity index (χ0v) is 9.75. The highest BCUT2D eigenvalue weighted by Crippen LogP contribution is 2.30. The number of nitrogens with zero attached hydrogens (tertiary/aromatic N) is 1. The van der Waals surface area contributed by atoms with Gasteiger partial charge in [-0.3, -0.25) is 0 Å². The van der Waals surface area contributed by atoms with E-state index in [1.54, 1.807) is 6.07 Å². The van der Waals surface area contributed by atoms with Crippen LogP contribution in [0.5, 0.6) is 0 Å². The highest BCUT2D eigenvalue weighted by atomic mass is 19.1. The summed E-state index contributed by atoms with van der Waals surface area (Å²) in [6.45, 7) is 1.33. The first kappa shape index (κ1) is 11.4. The number of anilines is 1. The number of hydrogen-bond donors (Lipinski definition) is 1. The van der Waals surface area contributed by atoms with E-state index in [4.69, 9.17) is 5.73 Å². The average molecular weight is 222 g/mol. The Morgan fingerprint density at radius 3 is 2.75 bits per heavy atom. The molecule has 0 aromatic heterocycles. The summed E-state index contributed by atoms with van der Waals surface area (Å²) in [5.41, 5.74) is 7.21. The third kappa shape index (κ3) is 2.19. The summed E-state index contributed by atoms with van der Waals surface area (Å²) in [7, 11) is 1.95. The second-order valence-corrected chi connectivity index (χ2v) is 4.63. The second kappa shape index (κ2) is 4.83. The number of rotatable bonds is 4. The Kier molecular flexibility index (Phi) is 3.44. The topological polar surface area (TPSA) is 29.3 Å². The van der Waals surface area contributed by atoms with E-state index in [0.717, 1.165) is 18.0 Å². The van der Waals surface area contributed by atoms with Gasteiger partial charge in [0.05, 0.1) is 5.69 Å². The standard InChI is InChI=1S/C13H19FN2/c1-16(9-10-4-2-5-10)13-11(8-15)6-3-7-12(13)14/h3,6-7,10H,2,4-5,8-9,15H2,1H3. The first-order valence-corrected chi connectivity index (χ1v) is 5.91. The van der Waals surface area contributed by atoms with Gasteiger partial charge in [-0.05, 0) is 30.4 Å². The molecule has 2 N–H and O–H groups in total. The molecule has 0 spiro atoms. The summed E-state index contributed by atoms with van der Waals surface area (Å²) in [6, 6.07) is 5.12. The maximum atomic E-state index is 13.8. The lowest BCUT2D eigenvalue weighted by molar-refractivity contribution is 0.320. The van der Waals surface area contributed by atoms with Gasteiger partial charge in [0, 0.05) is 20.1 Å². The summed E-state index contributed by atoms with van der Waals surface area (Å²) < 4.78 is 13.8. The molecule has 0 heterocycles. The minimum Gasteiger partial charge on any atom is -0.372 e. The molecule has 1 saturated carbocycles. The quantitative estimate of drug-likeness (QED) is 0.848. The van der Waals surface area contributed by atoms with Crippen LogP contribution in [0.4, 0.5) is 10.1 Å². The van der Waals surface area contributed by atoms with Crippen molar-refractivity contribution in [2.24, 2.45) is 11.7 Å². The van der Waals surface area contributed by atoms with Crippen LogP contribution >= 0.6 is 0 Å². The van der Waals surface area contributed by atoms with E-state index in [1.165, 1.54) is 25.3 Å². The van der Waals surface area contributed by atoms with Crippen molar-refractivity contribution in [2.75, 3.05) is 18.5 Å². The van der Waals surface area contributed by atoms with Gasteiger partial charge in [-0.2, -0.15) is 0 Å². The van der Waals surface area contributed by atoms with Gasteiger partial charge in [-0.15, -0.1) is 0 Å². The van der Waals surface area contributed by atoms with Gasteiger partial charge in [0.15, 0.2) is 0 Å². The predicted molar refractivity (Wildman–Crippen MR) is 64.9 cm³/mol. The van der Waals surface area contributed by atoms with Crippen molar-refractivity contribution in [3.63, 3.8) is 0 Å². The average Bonchev–Trinajstić information content (AvgIpc) is 2.22.